The van der Waals surface area contributed by atoms with E-state index in [1.807, 2.05) is 24.3 Å². The number of nitrogens with one attached hydrogen (secondary N) is 1. The molecule has 38 heavy (non-hydrogen) atoms. The second-order valence-electron chi connectivity index (χ2n) is 7.47. The second-order valence-corrected chi connectivity index (χ2v) is 8.45. The zero-order chi connectivity index (χ0) is 27.5. The van der Waals surface area contributed by atoms with E-state index < -0.39 is 17.1 Å². The Morgan fingerprint density at radius 3 is 2.50 bits per heavy atom. The minimum Gasteiger partial charge on any atom is -0.490 e. The molecular weight excluding hydrogens is 521 g/mol. The maximum absolute atomic E-state index is 12.7. The van der Waals surface area contributed by atoms with E-state index in [-0.39, 0.29) is 35.3 Å². The summed E-state index contributed by atoms with van der Waals surface area (Å²) in [4.78, 5) is 12.4. The molecule has 1 N–H and O–H groups in total. The van der Waals surface area contributed by atoms with Crippen molar-refractivity contribution >= 4 is 28.5 Å². The molecule has 0 aliphatic carbocycles. The van der Waals surface area contributed by atoms with Crippen LogP contribution in [-0.4, -0.2) is 35.9 Å². The molecule has 8 nitrogen and oxygen atoms in total. The van der Waals surface area contributed by atoms with Crippen LogP contribution in [0.5, 0.6) is 17.2 Å². The summed E-state index contributed by atoms with van der Waals surface area (Å²) in [7, 11) is 0. The lowest BCUT2D eigenvalue weighted by atomic mass is 10.1. The molecule has 0 fully saturated rings. The predicted molar refractivity (Wildman–Crippen MR) is 136 cm³/mol. The van der Waals surface area contributed by atoms with E-state index in [0.717, 1.165) is 11.3 Å². The average Bonchev–Trinajstić information content (AvgIpc) is 3.36. The molecule has 0 aliphatic rings. The molecule has 0 saturated heterocycles. The number of hydrogen-bond acceptors (Lipinski definition) is 8. The van der Waals surface area contributed by atoms with E-state index in [1.165, 1.54) is 6.08 Å². The minimum absolute atomic E-state index is 0.157. The Morgan fingerprint density at radius 2 is 1.84 bits per heavy atom. The van der Waals surface area contributed by atoms with E-state index in [4.69, 9.17) is 14.2 Å². The van der Waals surface area contributed by atoms with Crippen molar-refractivity contribution in [3.8, 4) is 23.3 Å². The maximum atomic E-state index is 12.7. The third-order valence-electron chi connectivity index (χ3n) is 4.77. The van der Waals surface area contributed by atoms with Gasteiger partial charge in [0.2, 0.25) is 10.1 Å². The van der Waals surface area contributed by atoms with Crippen LogP contribution in [-0.2, 0) is 17.4 Å². The Kier molecular flexibility index (Phi) is 9.84. The number of rotatable bonds is 12. The second kappa shape index (κ2) is 13.3. The van der Waals surface area contributed by atoms with Crippen molar-refractivity contribution < 1.29 is 32.2 Å². The van der Waals surface area contributed by atoms with Gasteiger partial charge in [0.05, 0.1) is 6.61 Å². The van der Waals surface area contributed by atoms with E-state index in [1.54, 1.807) is 37.3 Å². The highest BCUT2D eigenvalue weighted by atomic mass is 32.1. The van der Waals surface area contributed by atoms with Crippen molar-refractivity contribution in [3.05, 3.63) is 76.8 Å². The third-order valence-corrected chi connectivity index (χ3v) is 5.65. The number of hydrogen-bond donors (Lipinski definition) is 1. The zero-order valence-electron chi connectivity index (χ0n) is 20.2. The lowest BCUT2D eigenvalue weighted by Crippen LogP contribution is -2.13. The van der Waals surface area contributed by atoms with Gasteiger partial charge in [-0.3, -0.25) is 10.1 Å². The van der Waals surface area contributed by atoms with Gasteiger partial charge in [-0.1, -0.05) is 41.7 Å². The molecule has 3 aromatic rings. The van der Waals surface area contributed by atoms with Crippen LogP contribution in [0.15, 0.2) is 60.7 Å². The highest BCUT2D eigenvalue weighted by Gasteiger charge is 2.35. The molecule has 2 aromatic carbocycles. The minimum atomic E-state index is -4.68. The number of amides is 1. The first kappa shape index (κ1) is 28.2. The van der Waals surface area contributed by atoms with Gasteiger partial charge >= 0.3 is 6.18 Å². The quantitative estimate of drug-likeness (QED) is 0.135. The SMILES string of the molecule is C=CCc1ccccc1OCCOc1ccc(/C=C(/C#N)C(=O)Nc2nnc(C(F)(F)F)s2)cc1OCC. The molecule has 0 radical (unpaired) electrons. The maximum Gasteiger partial charge on any atom is 0.445 e. The molecule has 0 bridgehead atoms. The topological polar surface area (TPSA) is 106 Å². The van der Waals surface area contributed by atoms with Crippen LogP contribution in [0.4, 0.5) is 18.3 Å². The van der Waals surface area contributed by atoms with Crippen molar-refractivity contribution in [2.75, 3.05) is 25.1 Å². The largest absolute Gasteiger partial charge is 0.490 e. The molecule has 1 aromatic heterocycles. The van der Waals surface area contributed by atoms with E-state index in [2.05, 4.69) is 22.1 Å². The Bertz CT molecular complexity index is 1350. The number of nitrogens with zero attached hydrogens (tertiary/aromatic N) is 3. The monoisotopic (exact) mass is 544 g/mol. The van der Waals surface area contributed by atoms with Crippen LogP contribution in [0.25, 0.3) is 6.08 Å². The number of alkyl halides is 3. The van der Waals surface area contributed by atoms with Crippen molar-refractivity contribution in [1.29, 1.82) is 5.26 Å². The number of halogens is 3. The van der Waals surface area contributed by atoms with Crippen molar-refractivity contribution in [2.24, 2.45) is 0 Å². The smallest absolute Gasteiger partial charge is 0.445 e. The summed E-state index contributed by atoms with van der Waals surface area (Å²) in [5, 5.41) is 16.3. The van der Waals surface area contributed by atoms with Gasteiger partial charge in [-0.05, 0) is 48.7 Å². The number of nitriles is 1. The number of benzene rings is 2. The fraction of sp³-hybridized carbons (Fsp3) is 0.231. The van der Waals surface area contributed by atoms with Gasteiger partial charge in [-0.25, -0.2) is 0 Å². The number of ether oxygens (including phenoxy) is 3. The molecule has 0 atom stereocenters. The normalized spacial score (nSPS) is 11.4. The number of carbonyl (C=O) groups excluding carboxylic acids is 1. The first-order valence-electron chi connectivity index (χ1n) is 11.3. The first-order chi connectivity index (χ1) is 18.2. The fourth-order valence-corrected chi connectivity index (χ4v) is 3.75. The third kappa shape index (κ3) is 7.81. The standard InChI is InChI=1S/C26H23F3N4O4S/c1-3-7-18-8-5-6-9-20(18)36-12-13-37-21-11-10-17(15-22(21)35-4-2)14-19(16-30)23(34)31-25-33-32-24(38-25)26(27,28)29/h3,5-6,8-11,14-15H,1,4,7,12-13H2,2H3,(H,31,33,34)/b19-14-. The number of allylic oxidation sites excluding steroid dienone is 1. The lowest BCUT2D eigenvalue weighted by Gasteiger charge is -2.14. The van der Waals surface area contributed by atoms with Gasteiger partial charge in [-0.2, -0.15) is 18.4 Å². The van der Waals surface area contributed by atoms with Gasteiger partial charge in [0, 0.05) is 0 Å². The van der Waals surface area contributed by atoms with Crippen LogP contribution < -0.4 is 19.5 Å². The van der Waals surface area contributed by atoms with Gasteiger partial charge in [0.1, 0.15) is 30.6 Å². The van der Waals surface area contributed by atoms with Gasteiger partial charge < -0.3 is 14.2 Å². The van der Waals surface area contributed by atoms with E-state index in [9.17, 15) is 23.2 Å². The highest BCUT2D eigenvalue weighted by Crippen LogP contribution is 2.33. The van der Waals surface area contributed by atoms with Gasteiger partial charge in [0.25, 0.3) is 5.91 Å². The summed E-state index contributed by atoms with van der Waals surface area (Å²) in [5.74, 6) is 0.630. The summed E-state index contributed by atoms with van der Waals surface area (Å²) < 4.78 is 55.4. The summed E-state index contributed by atoms with van der Waals surface area (Å²) in [6, 6.07) is 14.2. The van der Waals surface area contributed by atoms with Crippen LogP contribution >= 0.6 is 11.3 Å². The molecule has 0 spiro atoms. The zero-order valence-corrected chi connectivity index (χ0v) is 21.1. The summed E-state index contributed by atoms with van der Waals surface area (Å²) >= 11 is 0.157. The fourth-order valence-electron chi connectivity index (χ4n) is 3.14. The molecule has 1 amide bonds. The van der Waals surface area contributed by atoms with Crippen LogP contribution in [0, 0.1) is 11.3 Å². The average molecular weight is 545 g/mol. The molecule has 198 valence electrons. The highest BCUT2D eigenvalue weighted by molar-refractivity contribution is 7.15. The Labute approximate surface area is 221 Å². The van der Waals surface area contributed by atoms with E-state index >= 15 is 0 Å². The predicted octanol–water partition coefficient (Wildman–Crippen LogP) is 5.69. The lowest BCUT2D eigenvalue weighted by molar-refractivity contribution is -0.138. The molecular formula is C26H23F3N4O4S. The van der Waals surface area contributed by atoms with Crippen LogP contribution in [0.1, 0.15) is 23.1 Å². The summed E-state index contributed by atoms with van der Waals surface area (Å²) in [5.41, 5.74) is 1.10. The Morgan fingerprint density at radius 1 is 1.11 bits per heavy atom. The number of aromatic nitrogens is 2. The van der Waals surface area contributed by atoms with Crippen molar-refractivity contribution in [2.45, 2.75) is 19.5 Å². The van der Waals surface area contributed by atoms with Crippen molar-refractivity contribution in [1.82, 2.24) is 10.2 Å². The Balaban J connectivity index is 1.66. The first-order valence-corrected chi connectivity index (χ1v) is 12.1. The molecule has 0 unspecified atom stereocenters. The molecule has 3 rings (SSSR count). The van der Waals surface area contributed by atoms with Crippen LogP contribution in [0.3, 0.4) is 0 Å². The van der Waals surface area contributed by atoms with Crippen molar-refractivity contribution in [3.63, 3.8) is 0 Å². The number of para-hydroxylation sites is 1. The number of carbonyl (C=O) groups is 1. The van der Waals surface area contributed by atoms with Crippen LogP contribution in [0.2, 0.25) is 0 Å². The van der Waals surface area contributed by atoms with Gasteiger partial charge in [0.15, 0.2) is 11.5 Å². The van der Waals surface area contributed by atoms with Gasteiger partial charge in [-0.15, -0.1) is 16.8 Å². The molecule has 0 aliphatic heterocycles. The number of anilines is 1. The summed E-state index contributed by atoms with van der Waals surface area (Å²) in [6.07, 6.45) is -0.938. The Hall–Kier alpha value is -4.37. The molecule has 12 heteroatoms. The molecule has 0 saturated carbocycles. The van der Waals surface area contributed by atoms with E-state index in [0.29, 0.717) is 30.1 Å². The summed E-state index contributed by atoms with van der Waals surface area (Å²) in [6.45, 7) is 6.38. The molecule has 1 heterocycles.